The number of carbonyl (C=O) groups is 1. The van der Waals surface area contributed by atoms with Crippen molar-refractivity contribution in [2.75, 3.05) is 7.11 Å². The number of halogens is 2. The minimum atomic E-state index is -0.967. The van der Waals surface area contributed by atoms with E-state index in [9.17, 15) is 9.90 Å². The normalized spacial score (nSPS) is 17.3. The van der Waals surface area contributed by atoms with Crippen LogP contribution in [0.4, 0.5) is 0 Å². The molecule has 0 aliphatic heterocycles. The maximum Gasteiger partial charge on any atom is 0.339 e. The maximum atomic E-state index is 11.7. The fraction of sp³-hybridized carbons (Fsp3) is 0.409. The molecule has 0 bridgehead atoms. The molecular formula is C22H24I2O3. The Morgan fingerprint density at radius 2 is 1.74 bits per heavy atom. The van der Waals surface area contributed by atoms with E-state index in [0.717, 1.165) is 25.5 Å². The van der Waals surface area contributed by atoms with Crippen molar-refractivity contribution >= 4 is 51.2 Å². The Labute approximate surface area is 188 Å². The Kier molecular flexibility index (Phi) is 5.58. The van der Waals surface area contributed by atoms with Crippen LogP contribution in [0.2, 0.25) is 0 Å². The van der Waals surface area contributed by atoms with E-state index in [1.54, 1.807) is 6.07 Å². The summed E-state index contributed by atoms with van der Waals surface area (Å²) >= 11 is 4.48. The number of hydrogen-bond acceptors (Lipinski definition) is 2. The van der Waals surface area contributed by atoms with Crippen LogP contribution in [0.15, 0.2) is 24.3 Å². The molecule has 2 aromatic carbocycles. The lowest BCUT2D eigenvalue weighted by atomic mass is 9.61. The second-order valence-corrected chi connectivity index (χ2v) is 10.7. The van der Waals surface area contributed by atoms with Crippen molar-refractivity contribution in [3.63, 3.8) is 0 Å². The summed E-state index contributed by atoms with van der Waals surface area (Å²) < 4.78 is 7.29. The van der Waals surface area contributed by atoms with E-state index < -0.39 is 5.97 Å². The maximum absolute atomic E-state index is 11.7. The SMILES string of the molecule is COc1c(C(=O)O)cc(I)c(-c2cccc3c2C(C)(C)CCC3(C)C)c1I. The van der Waals surface area contributed by atoms with E-state index in [0.29, 0.717) is 5.75 Å². The average molecular weight is 590 g/mol. The Morgan fingerprint density at radius 3 is 2.33 bits per heavy atom. The predicted molar refractivity (Wildman–Crippen MR) is 126 cm³/mol. The van der Waals surface area contributed by atoms with Gasteiger partial charge in [-0.3, -0.25) is 0 Å². The van der Waals surface area contributed by atoms with Gasteiger partial charge in [-0.2, -0.15) is 0 Å². The van der Waals surface area contributed by atoms with Gasteiger partial charge in [-0.25, -0.2) is 4.79 Å². The largest absolute Gasteiger partial charge is 0.495 e. The van der Waals surface area contributed by atoms with Crippen LogP contribution >= 0.6 is 45.2 Å². The third kappa shape index (κ3) is 3.50. The molecule has 0 radical (unpaired) electrons. The van der Waals surface area contributed by atoms with Gasteiger partial charge in [0.05, 0.1) is 10.7 Å². The van der Waals surface area contributed by atoms with Crippen LogP contribution in [0.3, 0.4) is 0 Å². The number of aromatic carboxylic acids is 1. The fourth-order valence-corrected chi connectivity index (χ4v) is 6.62. The van der Waals surface area contributed by atoms with E-state index in [4.69, 9.17) is 4.74 Å². The summed E-state index contributed by atoms with van der Waals surface area (Å²) in [5.41, 5.74) is 5.43. The monoisotopic (exact) mass is 590 g/mol. The van der Waals surface area contributed by atoms with E-state index in [1.165, 1.54) is 23.8 Å². The Hall–Kier alpha value is -0.830. The molecule has 0 aromatic heterocycles. The molecule has 5 heteroatoms. The first kappa shape index (κ1) is 20.9. The number of ether oxygens (including phenoxy) is 1. The van der Waals surface area contributed by atoms with Gasteiger partial charge in [0.2, 0.25) is 0 Å². The smallest absolute Gasteiger partial charge is 0.339 e. The lowest BCUT2D eigenvalue weighted by molar-refractivity contribution is 0.0693. The minimum Gasteiger partial charge on any atom is -0.495 e. The van der Waals surface area contributed by atoms with Crippen molar-refractivity contribution in [3.8, 4) is 16.9 Å². The zero-order valence-electron chi connectivity index (χ0n) is 16.2. The first-order valence-corrected chi connectivity index (χ1v) is 11.1. The van der Waals surface area contributed by atoms with Gasteiger partial charge >= 0.3 is 5.97 Å². The number of benzene rings is 2. The number of carboxylic acid groups (broad SMARTS) is 1. The Bertz CT molecular complexity index is 930. The molecule has 0 atom stereocenters. The van der Waals surface area contributed by atoms with Crippen LogP contribution < -0.4 is 4.74 Å². The number of fused-ring (bicyclic) bond motifs is 1. The van der Waals surface area contributed by atoms with E-state index in [1.807, 2.05) is 0 Å². The number of rotatable bonds is 3. The Balaban J connectivity index is 2.39. The van der Waals surface area contributed by atoms with Gasteiger partial charge in [0.15, 0.2) is 0 Å². The van der Waals surface area contributed by atoms with Crippen molar-refractivity contribution < 1.29 is 14.6 Å². The molecule has 1 aliphatic carbocycles. The lowest BCUT2D eigenvalue weighted by Crippen LogP contribution is -2.34. The molecular weight excluding hydrogens is 566 g/mol. The van der Waals surface area contributed by atoms with Crippen LogP contribution in [-0.4, -0.2) is 18.2 Å². The summed E-state index contributed by atoms with van der Waals surface area (Å²) in [6.45, 7) is 9.25. The van der Waals surface area contributed by atoms with Crippen molar-refractivity contribution in [3.05, 3.63) is 48.1 Å². The molecule has 0 unspecified atom stereocenters. The summed E-state index contributed by atoms with van der Waals surface area (Å²) in [6, 6.07) is 8.27. The third-order valence-electron chi connectivity index (χ3n) is 5.72. The molecule has 27 heavy (non-hydrogen) atoms. The highest BCUT2D eigenvalue weighted by Gasteiger charge is 2.39. The van der Waals surface area contributed by atoms with Gasteiger partial charge < -0.3 is 9.84 Å². The topological polar surface area (TPSA) is 46.5 Å². The quantitative estimate of drug-likeness (QED) is 0.409. The predicted octanol–water partition coefficient (Wildman–Crippen LogP) is 6.62. The molecule has 0 heterocycles. The number of hydrogen-bond donors (Lipinski definition) is 1. The highest BCUT2D eigenvalue weighted by atomic mass is 127. The molecule has 0 saturated carbocycles. The standard InChI is InChI=1S/C22H24I2O3/c1-21(2)9-10-22(3,4)17-12(7-6-8-14(17)21)16-15(23)11-13(20(25)26)19(27-5)18(16)24/h6-8,11H,9-10H2,1-5H3,(H,25,26). The molecule has 144 valence electrons. The van der Waals surface area contributed by atoms with Crippen LogP contribution in [0.5, 0.6) is 5.75 Å². The first-order chi connectivity index (χ1) is 12.5. The van der Waals surface area contributed by atoms with Gasteiger partial charge in [0, 0.05) is 9.13 Å². The summed E-state index contributed by atoms with van der Waals surface area (Å²) in [6.07, 6.45) is 2.29. The van der Waals surface area contributed by atoms with Crippen molar-refractivity contribution in [2.45, 2.75) is 51.4 Å². The summed E-state index contributed by atoms with van der Waals surface area (Å²) in [5.74, 6) is -0.533. The summed E-state index contributed by atoms with van der Waals surface area (Å²) in [7, 11) is 1.54. The second-order valence-electron chi connectivity index (χ2n) is 8.43. The van der Waals surface area contributed by atoms with E-state index in [2.05, 4.69) is 91.1 Å². The number of carboxylic acids is 1. The van der Waals surface area contributed by atoms with Crippen LogP contribution in [0, 0.1) is 7.14 Å². The fourth-order valence-electron chi connectivity index (χ4n) is 4.14. The molecule has 3 nitrogen and oxygen atoms in total. The minimum absolute atomic E-state index is 0.0618. The van der Waals surface area contributed by atoms with Crippen molar-refractivity contribution in [2.24, 2.45) is 0 Å². The summed E-state index contributed by atoms with van der Waals surface area (Å²) in [4.78, 5) is 11.7. The Morgan fingerprint density at radius 1 is 1.11 bits per heavy atom. The molecule has 2 aromatic rings. The zero-order valence-corrected chi connectivity index (χ0v) is 20.6. The first-order valence-electron chi connectivity index (χ1n) is 8.95. The second kappa shape index (κ2) is 7.21. The van der Waals surface area contributed by atoms with Crippen molar-refractivity contribution in [1.82, 2.24) is 0 Å². The molecule has 0 fully saturated rings. The van der Waals surface area contributed by atoms with Gasteiger partial charge in [-0.1, -0.05) is 45.9 Å². The molecule has 1 aliphatic rings. The molecule has 0 amide bonds. The summed E-state index contributed by atoms with van der Waals surface area (Å²) in [5, 5.41) is 9.56. The van der Waals surface area contributed by atoms with Crippen LogP contribution in [-0.2, 0) is 10.8 Å². The van der Waals surface area contributed by atoms with Crippen LogP contribution in [0.1, 0.15) is 62.0 Å². The van der Waals surface area contributed by atoms with Crippen molar-refractivity contribution in [1.29, 1.82) is 0 Å². The molecule has 1 N–H and O–H groups in total. The van der Waals surface area contributed by atoms with Crippen LogP contribution in [0.25, 0.3) is 11.1 Å². The highest BCUT2D eigenvalue weighted by molar-refractivity contribution is 14.1. The van der Waals surface area contributed by atoms with Gasteiger partial charge in [0.25, 0.3) is 0 Å². The van der Waals surface area contributed by atoms with Gasteiger partial charge in [-0.15, -0.1) is 0 Å². The lowest BCUT2D eigenvalue weighted by Gasteiger charge is -2.43. The highest BCUT2D eigenvalue weighted by Crippen LogP contribution is 2.51. The third-order valence-corrected chi connectivity index (χ3v) is 7.60. The van der Waals surface area contributed by atoms with E-state index >= 15 is 0 Å². The number of methoxy groups -OCH3 is 1. The van der Waals surface area contributed by atoms with Gasteiger partial charge in [-0.05, 0) is 91.6 Å². The van der Waals surface area contributed by atoms with E-state index in [-0.39, 0.29) is 16.4 Å². The van der Waals surface area contributed by atoms with Gasteiger partial charge in [0.1, 0.15) is 11.3 Å². The molecule has 0 saturated heterocycles. The zero-order chi connectivity index (χ0) is 20.1. The average Bonchev–Trinajstić information content (AvgIpc) is 2.58. The molecule has 0 spiro atoms. The molecule has 3 rings (SSSR count).